The fraction of sp³-hybridized carbons (Fsp3) is 0.179. The van der Waals surface area contributed by atoms with Crippen LogP contribution >= 0.6 is 0 Å². The number of pyridine rings is 1. The molecule has 0 atom stereocenters. The van der Waals surface area contributed by atoms with Gasteiger partial charge in [0.05, 0.1) is 38.2 Å². The van der Waals surface area contributed by atoms with Gasteiger partial charge in [-0.15, -0.1) is 0 Å². The molecule has 1 amide bonds. The van der Waals surface area contributed by atoms with E-state index in [1.54, 1.807) is 24.3 Å². The summed E-state index contributed by atoms with van der Waals surface area (Å²) in [6.07, 6.45) is 0.359. The van der Waals surface area contributed by atoms with Crippen LogP contribution < -0.4 is 21.1 Å². The molecule has 0 saturated carbocycles. The van der Waals surface area contributed by atoms with Gasteiger partial charge in [-0.25, -0.2) is 18.6 Å². The second kappa shape index (κ2) is 11.0. The number of aryl methyl sites for hydroxylation is 1. The summed E-state index contributed by atoms with van der Waals surface area (Å²) < 4.78 is 40.3. The number of hydrogen-bond donors (Lipinski definition) is 2. The number of carbonyl (C=O) groups excluding carboxylic acids is 1. The average molecular weight is 561 g/mol. The number of nitrogens with zero attached hydrogens (tertiary/aromatic N) is 6. The van der Waals surface area contributed by atoms with Crippen molar-refractivity contribution in [2.75, 3.05) is 30.6 Å². The van der Waals surface area contributed by atoms with Crippen LogP contribution in [0, 0.1) is 18.6 Å². The maximum absolute atomic E-state index is 14.4. The lowest BCUT2D eigenvalue weighted by Crippen LogP contribution is -2.32. The molecular formula is C28H26F2N8O3. The van der Waals surface area contributed by atoms with Crippen molar-refractivity contribution in [1.82, 2.24) is 24.7 Å². The van der Waals surface area contributed by atoms with E-state index in [1.165, 1.54) is 35.9 Å². The summed E-state index contributed by atoms with van der Waals surface area (Å²) in [7, 11) is 2.74. The fourth-order valence-electron chi connectivity index (χ4n) is 4.52. The van der Waals surface area contributed by atoms with Crippen molar-refractivity contribution in [2.24, 2.45) is 0 Å². The number of aromatic nitrogens is 5. The van der Waals surface area contributed by atoms with Gasteiger partial charge in [0.15, 0.2) is 11.6 Å². The molecule has 5 rings (SSSR count). The summed E-state index contributed by atoms with van der Waals surface area (Å²) in [6, 6.07) is 12.9. The SMILES string of the molecule is COC(=O)N(Cc1cc(C)ccc1OC)c1c(N)nc(-n2nc(Cc3ccccc3F)c3ncc(F)cc32)nc1N. The highest BCUT2D eigenvalue weighted by molar-refractivity contribution is 5.95. The van der Waals surface area contributed by atoms with Crippen molar-refractivity contribution in [1.29, 1.82) is 0 Å². The Kier molecular flexibility index (Phi) is 7.34. The fourth-order valence-corrected chi connectivity index (χ4v) is 4.52. The Morgan fingerprint density at radius 2 is 1.76 bits per heavy atom. The maximum atomic E-state index is 14.4. The topological polar surface area (TPSA) is 147 Å². The van der Waals surface area contributed by atoms with Gasteiger partial charge >= 0.3 is 6.09 Å². The van der Waals surface area contributed by atoms with E-state index in [0.29, 0.717) is 28.1 Å². The van der Waals surface area contributed by atoms with Gasteiger partial charge in [0.2, 0.25) is 0 Å². The zero-order valence-electron chi connectivity index (χ0n) is 22.4. The molecule has 13 heteroatoms. The molecule has 210 valence electrons. The van der Waals surface area contributed by atoms with Crippen molar-refractivity contribution in [3.63, 3.8) is 0 Å². The van der Waals surface area contributed by atoms with Gasteiger partial charge in [-0.3, -0.25) is 4.90 Å². The van der Waals surface area contributed by atoms with E-state index in [0.717, 1.165) is 11.8 Å². The van der Waals surface area contributed by atoms with E-state index in [-0.39, 0.29) is 41.8 Å². The van der Waals surface area contributed by atoms with Crippen LogP contribution in [0.3, 0.4) is 0 Å². The Balaban J connectivity index is 1.60. The molecule has 3 aromatic heterocycles. The second-order valence-corrected chi connectivity index (χ2v) is 9.16. The first-order chi connectivity index (χ1) is 19.7. The Morgan fingerprint density at radius 3 is 2.44 bits per heavy atom. The number of carbonyl (C=O) groups is 1. The second-order valence-electron chi connectivity index (χ2n) is 9.16. The minimum Gasteiger partial charge on any atom is -0.496 e. The number of nitrogens with two attached hydrogens (primary N) is 2. The van der Waals surface area contributed by atoms with Crippen molar-refractivity contribution in [3.05, 3.63) is 88.7 Å². The molecule has 0 spiro atoms. The molecule has 0 aliphatic heterocycles. The van der Waals surface area contributed by atoms with Crippen molar-refractivity contribution in [3.8, 4) is 11.7 Å². The third-order valence-electron chi connectivity index (χ3n) is 6.42. The van der Waals surface area contributed by atoms with Crippen molar-refractivity contribution in [2.45, 2.75) is 19.9 Å². The average Bonchev–Trinajstić information content (AvgIpc) is 3.30. The smallest absolute Gasteiger partial charge is 0.414 e. The lowest BCUT2D eigenvalue weighted by Gasteiger charge is -2.24. The summed E-state index contributed by atoms with van der Waals surface area (Å²) in [4.78, 5) is 26.9. The number of methoxy groups -OCH3 is 2. The maximum Gasteiger partial charge on any atom is 0.414 e. The molecule has 3 heterocycles. The van der Waals surface area contributed by atoms with Crippen LogP contribution in [0.2, 0.25) is 0 Å². The Hall–Kier alpha value is -5.33. The summed E-state index contributed by atoms with van der Waals surface area (Å²) in [5, 5.41) is 4.51. The van der Waals surface area contributed by atoms with Gasteiger partial charge in [-0.2, -0.15) is 19.7 Å². The van der Waals surface area contributed by atoms with E-state index in [9.17, 15) is 13.6 Å². The molecule has 0 bridgehead atoms. The molecule has 2 aromatic carbocycles. The normalized spacial score (nSPS) is 11.0. The van der Waals surface area contributed by atoms with E-state index >= 15 is 0 Å². The minimum absolute atomic E-state index is 0.0107. The minimum atomic E-state index is -0.758. The number of benzene rings is 2. The first-order valence-corrected chi connectivity index (χ1v) is 12.4. The Bertz CT molecular complexity index is 1750. The van der Waals surface area contributed by atoms with Gasteiger partial charge < -0.3 is 20.9 Å². The highest BCUT2D eigenvalue weighted by atomic mass is 19.1. The standard InChI is InChI=1S/C28H26F2N8O3/c1-15-8-9-22(40-2)17(10-15)14-37(28(39)41-3)24-25(31)34-27(35-26(24)32)38-21-12-18(29)13-33-23(21)20(36-38)11-16-6-4-5-7-19(16)30/h4-10,12-13H,11,14H2,1-3H3,(H4,31,32,34,35). The number of amides is 1. The van der Waals surface area contributed by atoms with Crippen LogP contribution in [0.5, 0.6) is 5.75 Å². The molecule has 0 fully saturated rings. The van der Waals surface area contributed by atoms with Crippen molar-refractivity contribution >= 4 is 34.4 Å². The first-order valence-electron chi connectivity index (χ1n) is 12.4. The molecule has 0 saturated heterocycles. The third-order valence-corrected chi connectivity index (χ3v) is 6.42. The van der Waals surface area contributed by atoms with Crippen LogP contribution in [0.4, 0.5) is 30.9 Å². The van der Waals surface area contributed by atoms with Crippen LogP contribution in [0.1, 0.15) is 22.4 Å². The lowest BCUT2D eigenvalue weighted by atomic mass is 10.1. The van der Waals surface area contributed by atoms with Crippen LogP contribution in [0.15, 0.2) is 54.7 Å². The highest BCUT2D eigenvalue weighted by Gasteiger charge is 2.27. The van der Waals surface area contributed by atoms with Gasteiger partial charge in [0.25, 0.3) is 5.95 Å². The zero-order chi connectivity index (χ0) is 29.3. The summed E-state index contributed by atoms with van der Waals surface area (Å²) in [6.45, 7) is 1.89. The van der Waals surface area contributed by atoms with E-state index in [2.05, 4.69) is 20.1 Å². The van der Waals surface area contributed by atoms with Crippen LogP contribution in [-0.2, 0) is 17.7 Å². The summed E-state index contributed by atoms with van der Waals surface area (Å²) in [5.41, 5.74) is 15.6. The molecule has 0 unspecified atom stereocenters. The first kappa shape index (κ1) is 27.2. The molecule has 5 aromatic rings. The summed E-state index contributed by atoms with van der Waals surface area (Å²) in [5.74, 6) is -0.920. The van der Waals surface area contributed by atoms with Gasteiger partial charge in [-0.1, -0.05) is 35.9 Å². The number of hydrogen-bond acceptors (Lipinski definition) is 9. The Labute approximate surface area is 233 Å². The molecule has 4 N–H and O–H groups in total. The number of fused-ring (bicyclic) bond motifs is 1. The molecule has 0 aliphatic carbocycles. The molecule has 41 heavy (non-hydrogen) atoms. The molecular weight excluding hydrogens is 534 g/mol. The van der Waals surface area contributed by atoms with Crippen molar-refractivity contribution < 1.29 is 23.0 Å². The number of rotatable bonds is 7. The zero-order valence-corrected chi connectivity index (χ0v) is 22.4. The third kappa shape index (κ3) is 5.29. The lowest BCUT2D eigenvalue weighted by molar-refractivity contribution is 0.178. The van der Waals surface area contributed by atoms with Gasteiger partial charge in [-0.05, 0) is 24.6 Å². The van der Waals surface area contributed by atoms with Crippen LogP contribution in [0.25, 0.3) is 17.0 Å². The van der Waals surface area contributed by atoms with Crippen LogP contribution in [-0.4, -0.2) is 45.0 Å². The largest absolute Gasteiger partial charge is 0.496 e. The van der Waals surface area contributed by atoms with E-state index in [1.807, 2.05) is 19.1 Å². The highest BCUT2D eigenvalue weighted by Crippen LogP contribution is 2.33. The predicted octanol–water partition coefficient (Wildman–Crippen LogP) is 4.33. The number of nitrogen functional groups attached to an aromatic ring is 2. The number of halogens is 2. The van der Waals surface area contributed by atoms with E-state index < -0.39 is 17.7 Å². The number of anilines is 3. The number of ether oxygens (including phenoxy) is 2. The van der Waals surface area contributed by atoms with Gasteiger partial charge in [0.1, 0.15) is 28.6 Å². The molecule has 0 radical (unpaired) electrons. The van der Waals surface area contributed by atoms with Gasteiger partial charge in [0, 0.05) is 18.1 Å². The Morgan fingerprint density at radius 1 is 1.02 bits per heavy atom. The quantitative estimate of drug-likeness (QED) is 0.297. The molecule has 11 nitrogen and oxygen atoms in total. The monoisotopic (exact) mass is 560 g/mol. The summed E-state index contributed by atoms with van der Waals surface area (Å²) >= 11 is 0. The predicted molar refractivity (Wildman–Crippen MR) is 149 cm³/mol. The molecule has 0 aliphatic rings. The van der Waals surface area contributed by atoms with E-state index in [4.69, 9.17) is 20.9 Å².